The maximum Gasteiger partial charge on any atom is 0.165 e. The molecule has 0 N–H and O–H groups in total. The second kappa shape index (κ2) is 7.25. The van der Waals surface area contributed by atoms with Crippen molar-refractivity contribution in [2.24, 2.45) is 0 Å². The van der Waals surface area contributed by atoms with Gasteiger partial charge in [0.2, 0.25) is 0 Å². The van der Waals surface area contributed by atoms with E-state index >= 15 is 0 Å². The Kier molecular flexibility index (Phi) is 4.25. The summed E-state index contributed by atoms with van der Waals surface area (Å²) >= 11 is 3.66. The number of hydrogen-bond acceptors (Lipinski definition) is 1. The molecule has 2 aromatic heterocycles. The molecule has 6 rings (SSSR count). The van der Waals surface area contributed by atoms with Crippen LogP contribution in [0.15, 0.2) is 114 Å². The molecule has 0 bridgehead atoms. The molecule has 0 aliphatic carbocycles. The number of aromatic nitrogens is 3. The molecule has 0 saturated heterocycles. The van der Waals surface area contributed by atoms with E-state index in [1.165, 1.54) is 5.39 Å². The number of rotatable bonds is 3. The largest absolute Gasteiger partial charge is 0.292 e. The van der Waals surface area contributed by atoms with Crippen LogP contribution in [0.4, 0.5) is 0 Å². The number of nitrogens with zero attached hydrogens (tertiary/aromatic N) is 3. The highest BCUT2D eigenvalue weighted by molar-refractivity contribution is 9.10. The molecule has 3 nitrogen and oxygen atoms in total. The highest BCUT2D eigenvalue weighted by Gasteiger charge is 2.22. The Morgan fingerprint density at radius 3 is 1.84 bits per heavy atom. The summed E-state index contributed by atoms with van der Waals surface area (Å²) in [7, 11) is 0. The van der Waals surface area contributed by atoms with Gasteiger partial charge in [0.05, 0.1) is 5.52 Å². The number of fused-ring (bicyclic) bond motifs is 3. The molecule has 0 saturated carbocycles. The van der Waals surface area contributed by atoms with Gasteiger partial charge < -0.3 is 0 Å². The molecule has 0 unspecified atom stereocenters. The fraction of sp³-hybridized carbons (Fsp3) is 0. The van der Waals surface area contributed by atoms with Crippen LogP contribution in [0.2, 0.25) is 0 Å². The van der Waals surface area contributed by atoms with Crippen molar-refractivity contribution < 1.29 is 0 Å². The number of para-hydroxylation sites is 2. The lowest BCUT2D eigenvalue weighted by atomic mass is 10.2. The monoisotopic (exact) mass is 463 g/mol. The molecule has 0 fully saturated rings. The van der Waals surface area contributed by atoms with Gasteiger partial charge in [0.25, 0.3) is 0 Å². The predicted octanol–water partition coefficient (Wildman–Crippen LogP) is 7.40. The summed E-state index contributed by atoms with van der Waals surface area (Å²) in [4.78, 5) is 5.21. The van der Waals surface area contributed by atoms with Crippen molar-refractivity contribution in [3.63, 3.8) is 0 Å². The van der Waals surface area contributed by atoms with E-state index in [0.717, 1.165) is 43.9 Å². The minimum atomic E-state index is 0.936. The summed E-state index contributed by atoms with van der Waals surface area (Å²) in [6.07, 6.45) is 0. The van der Waals surface area contributed by atoms with Crippen molar-refractivity contribution in [1.82, 2.24) is 14.1 Å². The summed E-state index contributed by atoms with van der Waals surface area (Å²) in [5.74, 6) is 0.936. The minimum absolute atomic E-state index is 0.936. The maximum atomic E-state index is 5.21. The first-order chi connectivity index (χ1) is 15.3. The molecule has 0 atom stereocenters. The normalized spacial score (nSPS) is 11.4. The molecule has 0 aliphatic heterocycles. The zero-order valence-corrected chi connectivity index (χ0v) is 18.2. The standard InChI is InChI=1S/C27H18BrN3/c28-20-16-17-23-24(18-20)30(21-12-6-2-7-13-21)27-25(23)31(22-14-8-3-9-15-22)26(29-27)19-10-4-1-5-11-19/h1-18H. The molecular weight excluding hydrogens is 446 g/mol. The van der Waals surface area contributed by atoms with Gasteiger partial charge in [-0.1, -0.05) is 82.7 Å². The Morgan fingerprint density at radius 2 is 1.19 bits per heavy atom. The zero-order chi connectivity index (χ0) is 20.8. The fourth-order valence-corrected chi connectivity index (χ4v) is 4.61. The molecule has 4 heteroatoms. The molecule has 2 heterocycles. The van der Waals surface area contributed by atoms with Gasteiger partial charge in [-0.15, -0.1) is 0 Å². The van der Waals surface area contributed by atoms with Crippen LogP contribution in [0.3, 0.4) is 0 Å². The topological polar surface area (TPSA) is 22.8 Å². The Morgan fingerprint density at radius 1 is 0.613 bits per heavy atom. The number of halogens is 1. The first-order valence-corrected chi connectivity index (χ1v) is 11.0. The van der Waals surface area contributed by atoms with E-state index in [4.69, 9.17) is 4.98 Å². The number of hydrogen-bond donors (Lipinski definition) is 0. The lowest BCUT2D eigenvalue weighted by Gasteiger charge is -2.10. The van der Waals surface area contributed by atoms with Gasteiger partial charge in [-0.2, -0.15) is 0 Å². The maximum absolute atomic E-state index is 5.21. The smallest absolute Gasteiger partial charge is 0.165 e. The second-order valence-corrected chi connectivity index (χ2v) is 8.39. The quantitative estimate of drug-likeness (QED) is 0.268. The van der Waals surface area contributed by atoms with E-state index in [-0.39, 0.29) is 0 Å². The van der Waals surface area contributed by atoms with Gasteiger partial charge in [0, 0.05) is 26.8 Å². The van der Waals surface area contributed by atoms with Crippen molar-refractivity contribution in [3.8, 4) is 22.8 Å². The van der Waals surface area contributed by atoms with Crippen LogP contribution in [0.5, 0.6) is 0 Å². The third-order valence-corrected chi connectivity index (χ3v) is 6.08. The van der Waals surface area contributed by atoms with Gasteiger partial charge in [0.15, 0.2) is 5.65 Å². The summed E-state index contributed by atoms with van der Waals surface area (Å²) in [6.45, 7) is 0. The average molecular weight is 464 g/mol. The second-order valence-electron chi connectivity index (χ2n) is 7.48. The first-order valence-electron chi connectivity index (χ1n) is 10.2. The summed E-state index contributed by atoms with van der Waals surface area (Å²) in [5.41, 5.74) is 6.46. The number of imidazole rings is 1. The SMILES string of the molecule is Brc1ccc2c3c(nc(-c4ccccc4)n3-c3ccccc3)n(-c3ccccc3)c2c1. The molecule has 148 valence electrons. The van der Waals surface area contributed by atoms with E-state index in [2.05, 4.69) is 116 Å². The third kappa shape index (κ3) is 2.91. The van der Waals surface area contributed by atoms with Crippen LogP contribution in [-0.2, 0) is 0 Å². The average Bonchev–Trinajstić information content (AvgIpc) is 3.35. The molecule has 6 aromatic rings. The zero-order valence-electron chi connectivity index (χ0n) is 16.6. The molecule has 0 radical (unpaired) electrons. The number of benzene rings is 4. The van der Waals surface area contributed by atoms with Crippen LogP contribution < -0.4 is 0 Å². The van der Waals surface area contributed by atoms with Crippen LogP contribution >= 0.6 is 15.9 Å². The molecule has 0 spiro atoms. The molecular formula is C27H18BrN3. The lowest BCUT2D eigenvalue weighted by Crippen LogP contribution is -1.97. The fourth-order valence-electron chi connectivity index (χ4n) is 4.26. The van der Waals surface area contributed by atoms with Crippen molar-refractivity contribution >= 4 is 38.0 Å². The minimum Gasteiger partial charge on any atom is -0.292 e. The van der Waals surface area contributed by atoms with Gasteiger partial charge in [0.1, 0.15) is 11.3 Å². The third-order valence-electron chi connectivity index (χ3n) is 5.59. The van der Waals surface area contributed by atoms with Gasteiger partial charge in [-0.25, -0.2) is 4.98 Å². The van der Waals surface area contributed by atoms with Crippen LogP contribution in [-0.4, -0.2) is 14.1 Å². The van der Waals surface area contributed by atoms with E-state index in [1.807, 2.05) is 18.2 Å². The van der Waals surface area contributed by atoms with Gasteiger partial charge in [-0.05, 0) is 42.5 Å². The van der Waals surface area contributed by atoms with Gasteiger partial charge in [-0.3, -0.25) is 9.13 Å². The van der Waals surface area contributed by atoms with E-state index in [1.54, 1.807) is 0 Å². The van der Waals surface area contributed by atoms with E-state index in [9.17, 15) is 0 Å². The highest BCUT2D eigenvalue weighted by Crippen LogP contribution is 2.38. The Bertz CT molecular complexity index is 1510. The summed E-state index contributed by atoms with van der Waals surface area (Å²) in [5, 5.41) is 1.17. The Balaban J connectivity index is 1.82. The van der Waals surface area contributed by atoms with Crippen LogP contribution in [0.1, 0.15) is 0 Å². The molecule has 4 aromatic carbocycles. The highest BCUT2D eigenvalue weighted by atomic mass is 79.9. The van der Waals surface area contributed by atoms with Crippen LogP contribution in [0, 0.1) is 0 Å². The predicted molar refractivity (Wildman–Crippen MR) is 131 cm³/mol. The first kappa shape index (κ1) is 18.2. The lowest BCUT2D eigenvalue weighted by molar-refractivity contribution is 1.10. The van der Waals surface area contributed by atoms with E-state index < -0.39 is 0 Å². The Labute approximate surface area is 188 Å². The van der Waals surface area contributed by atoms with Gasteiger partial charge >= 0.3 is 0 Å². The molecule has 31 heavy (non-hydrogen) atoms. The van der Waals surface area contributed by atoms with Crippen LogP contribution in [0.25, 0.3) is 44.8 Å². The molecule has 0 aliphatic rings. The van der Waals surface area contributed by atoms with Crippen molar-refractivity contribution in [2.75, 3.05) is 0 Å². The van der Waals surface area contributed by atoms with Crippen molar-refractivity contribution in [2.45, 2.75) is 0 Å². The Hall–Kier alpha value is -3.63. The molecule has 0 amide bonds. The van der Waals surface area contributed by atoms with Crippen molar-refractivity contribution in [3.05, 3.63) is 114 Å². The summed E-state index contributed by atoms with van der Waals surface area (Å²) in [6, 6.07) is 37.7. The van der Waals surface area contributed by atoms with Crippen molar-refractivity contribution in [1.29, 1.82) is 0 Å². The van der Waals surface area contributed by atoms with E-state index in [0.29, 0.717) is 0 Å². The summed E-state index contributed by atoms with van der Waals surface area (Å²) < 4.78 is 5.58.